The maximum absolute atomic E-state index is 12.3. The van der Waals surface area contributed by atoms with Crippen molar-refractivity contribution in [3.63, 3.8) is 0 Å². The average molecular weight is 311 g/mol. The molecule has 0 radical (unpaired) electrons. The second-order valence-corrected chi connectivity index (χ2v) is 8.21. The Balaban J connectivity index is 1.79. The molecule has 1 aliphatic heterocycles. The first-order valence-electron chi connectivity index (χ1n) is 6.62. The fourth-order valence-electron chi connectivity index (χ4n) is 2.42. The third-order valence-electron chi connectivity index (χ3n) is 3.50. The molecule has 0 bridgehead atoms. The molecule has 1 aliphatic rings. The maximum Gasteiger partial charge on any atom is 0.252 e. The Morgan fingerprint density at radius 3 is 3.00 bits per heavy atom. The SMILES string of the molecule is CN(Cc1cn2c(n1)CCCC2)S(=O)(=O)c1cccs1. The maximum atomic E-state index is 12.3. The molecular weight excluding hydrogens is 294 g/mol. The molecule has 108 valence electrons. The third kappa shape index (κ3) is 2.53. The van der Waals surface area contributed by atoms with Crippen LogP contribution < -0.4 is 0 Å². The van der Waals surface area contributed by atoms with Gasteiger partial charge in [-0.25, -0.2) is 13.4 Å². The van der Waals surface area contributed by atoms with Gasteiger partial charge in [0, 0.05) is 26.2 Å². The topological polar surface area (TPSA) is 55.2 Å². The lowest BCUT2D eigenvalue weighted by Gasteiger charge is -2.14. The van der Waals surface area contributed by atoms with Crippen LogP contribution in [-0.2, 0) is 29.5 Å². The van der Waals surface area contributed by atoms with Crippen LogP contribution in [0.4, 0.5) is 0 Å². The minimum Gasteiger partial charge on any atom is -0.335 e. The number of hydrogen-bond donors (Lipinski definition) is 0. The van der Waals surface area contributed by atoms with E-state index in [1.54, 1.807) is 24.6 Å². The van der Waals surface area contributed by atoms with Crippen molar-refractivity contribution in [1.29, 1.82) is 0 Å². The van der Waals surface area contributed by atoms with E-state index in [2.05, 4.69) is 9.55 Å². The zero-order valence-electron chi connectivity index (χ0n) is 11.3. The third-order valence-corrected chi connectivity index (χ3v) is 6.68. The van der Waals surface area contributed by atoms with E-state index in [1.165, 1.54) is 28.5 Å². The summed E-state index contributed by atoms with van der Waals surface area (Å²) in [6, 6.07) is 3.38. The predicted molar refractivity (Wildman–Crippen MR) is 78.1 cm³/mol. The molecule has 2 aromatic rings. The molecule has 7 heteroatoms. The summed E-state index contributed by atoms with van der Waals surface area (Å²) in [4.78, 5) is 4.55. The highest BCUT2D eigenvalue weighted by atomic mass is 32.2. The van der Waals surface area contributed by atoms with Crippen LogP contribution >= 0.6 is 11.3 Å². The second-order valence-electron chi connectivity index (χ2n) is 4.99. The van der Waals surface area contributed by atoms with Crippen LogP contribution in [-0.4, -0.2) is 29.3 Å². The molecule has 3 rings (SSSR count). The van der Waals surface area contributed by atoms with Gasteiger partial charge in [-0.1, -0.05) is 6.07 Å². The lowest BCUT2D eigenvalue weighted by molar-refractivity contribution is 0.464. The molecule has 5 nitrogen and oxygen atoms in total. The molecule has 3 heterocycles. The van der Waals surface area contributed by atoms with E-state index in [4.69, 9.17) is 0 Å². The number of imidazole rings is 1. The van der Waals surface area contributed by atoms with Gasteiger partial charge in [0.2, 0.25) is 0 Å². The van der Waals surface area contributed by atoms with Crippen LogP contribution in [0.15, 0.2) is 27.9 Å². The van der Waals surface area contributed by atoms with Crippen LogP contribution in [0.2, 0.25) is 0 Å². The average Bonchev–Trinajstić information content (AvgIpc) is 3.07. The normalized spacial score (nSPS) is 15.5. The van der Waals surface area contributed by atoms with Crippen LogP contribution in [0.3, 0.4) is 0 Å². The van der Waals surface area contributed by atoms with Gasteiger partial charge in [0.15, 0.2) is 0 Å². The van der Waals surface area contributed by atoms with Gasteiger partial charge in [-0.05, 0) is 24.3 Å². The first kappa shape index (κ1) is 13.8. The Morgan fingerprint density at radius 1 is 1.45 bits per heavy atom. The molecule has 0 fully saturated rings. The highest BCUT2D eigenvalue weighted by molar-refractivity contribution is 7.91. The minimum absolute atomic E-state index is 0.320. The number of fused-ring (bicyclic) bond motifs is 1. The molecule has 0 amide bonds. The lowest BCUT2D eigenvalue weighted by atomic mass is 10.2. The number of thiophene rings is 1. The van der Waals surface area contributed by atoms with E-state index in [0.717, 1.165) is 24.5 Å². The van der Waals surface area contributed by atoms with Crippen molar-refractivity contribution >= 4 is 21.4 Å². The quantitative estimate of drug-likeness (QED) is 0.869. The van der Waals surface area contributed by atoms with Gasteiger partial charge in [0.05, 0.1) is 12.2 Å². The van der Waals surface area contributed by atoms with Gasteiger partial charge in [0.1, 0.15) is 10.0 Å². The fraction of sp³-hybridized carbons (Fsp3) is 0.462. The zero-order chi connectivity index (χ0) is 14.2. The van der Waals surface area contributed by atoms with Gasteiger partial charge in [-0.2, -0.15) is 4.31 Å². The number of nitrogens with zero attached hydrogens (tertiary/aromatic N) is 3. The number of aromatic nitrogens is 2. The van der Waals surface area contributed by atoms with Crippen LogP contribution in [0.5, 0.6) is 0 Å². The van der Waals surface area contributed by atoms with E-state index < -0.39 is 10.0 Å². The summed E-state index contributed by atoms with van der Waals surface area (Å²) < 4.78 is 28.6. The number of hydrogen-bond acceptors (Lipinski definition) is 4. The van der Waals surface area contributed by atoms with Crippen molar-refractivity contribution in [2.45, 2.75) is 36.6 Å². The van der Waals surface area contributed by atoms with Gasteiger partial charge in [-0.15, -0.1) is 11.3 Å². The van der Waals surface area contributed by atoms with Crippen molar-refractivity contribution in [3.8, 4) is 0 Å². The van der Waals surface area contributed by atoms with E-state index in [0.29, 0.717) is 10.8 Å². The largest absolute Gasteiger partial charge is 0.335 e. The molecule has 0 spiro atoms. The molecule has 0 N–H and O–H groups in total. The number of rotatable bonds is 4. The summed E-state index contributed by atoms with van der Waals surface area (Å²) in [6.07, 6.45) is 5.31. The number of aryl methyl sites for hydroxylation is 2. The van der Waals surface area contributed by atoms with E-state index in [-0.39, 0.29) is 0 Å². The number of sulfonamides is 1. The smallest absolute Gasteiger partial charge is 0.252 e. The highest BCUT2D eigenvalue weighted by Crippen LogP contribution is 2.22. The highest BCUT2D eigenvalue weighted by Gasteiger charge is 2.23. The molecule has 20 heavy (non-hydrogen) atoms. The van der Waals surface area contributed by atoms with Crippen molar-refractivity contribution in [2.75, 3.05) is 7.05 Å². The molecular formula is C13H17N3O2S2. The molecule has 0 atom stereocenters. The predicted octanol–water partition coefficient (Wildman–Crippen LogP) is 2.10. The van der Waals surface area contributed by atoms with E-state index >= 15 is 0 Å². The fourth-order valence-corrected chi connectivity index (χ4v) is 4.77. The second kappa shape index (κ2) is 5.31. The minimum atomic E-state index is -3.39. The zero-order valence-corrected chi connectivity index (χ0v) is 13.0. The molecule has 0 aromatic carbocycles. The molecule has 0 unspecified atom stereocenters. The van der Waals surface area contributed by atoms with Gasteiger partial charge >= 0.3 is 0 Å². The standard InChI is InChI=1S/C13H17N3O2S2/c1-15(20(17,18)13-6-4-8-19-13)9-11-10-16-7-3-2-5-12(16)14-11/h4,6,8,10H,2-3,5,7,9H2,1H3. The molecule has 2 aromatic heterocycles. The van der Waals surface area contributed by atoms with E-state index in [1.807, 2.05) is 6.20 Å². The molecule has 0 saturated carbocycles. The van der Waals surface area contributed by atoms with Crippen LogP contribution in [0.25, 0.3) is 0 Å². The summed E-state index contributed by atoms with van der Waals surface area (Å²) in [5, 5.41) is 1.77. The summed E-state index contributed by atoms with van der Waals surface area (Å²) >= 11 is 1.24. The van der Waals surface area contributed by atoms with Crippen molar-refractivity contribution in [2.24, 2.45) is 0 Å². The first-order chi connectivity index (χ1) is 9.57. The Morgan fingerprint density at radius 2 is 2.30 bits per heavy atom. The summed E-state index contributed by atoms with van der Waals surface area (Å²) in [6.45, 7) is 1.31. The Hall–Kier alpha value is -1.18. The first-order valence-corrected chi connectivity index (χ1v) is 8.94. The monoisotopic (exact) mass is 311 g/mol. The van der Waals surface area contributed by atoms with Crippen LogP contribution in [0.1, 0.15) is 24.4 Å². The van der Waals surface area contributed by atoms with Gasteiger partial charge in [0.25, 0.3) is 10.0 Å². The summed E-state index contributed by atoms with van der Waals surface area (Å²) in [5.74, 6) is 1.08. The lowest BCUT2D eigenvalue weighted by Crippen LogP contribution is -2.26. The summed E-state index contributed by atoms with van der Waals surface area (Å²) in [7, 11) is -1.79. The molecule has 0 aliphatic carbocycles. The van der Waals surface area contributed by atoms with Crippen molar-refractivity contribution < 1.29 is 8.42 Å². The Bertz CT molecular complexity index is 666. The Labute approximate surface area is 122 Å². The van der Waals surface area contributed by atoms with Crippen molar-refractivity contribution in [3.05, 3.63) is 35.2 Å². The van der Waals surface area contributed by atoms with Gasteiger partial charge < -0.3 is 4.57 Å². The summed E-state index contributed by atoms with van der Waals surface area (Å²) in [5.41, 5.74) is 0.824. The van der Waals surface area contributed by atoms with Crippen molar-refractivity contribution in [1.82, 2.24) is 13.9 Å². The van der Waals surface area contributed by atoms with Crippen LogP contribution in [0, 0.1) is 0 Å². The van der Waals surface area contributed by atoms with E-state index in [9.17, 15) is 8.42 Å². The molecule has 0 saturated heterocycles. The Kier molecular flexibility index (Phi) is 3.66. The van der Waals surface area contributed by atoms with Gasteiger partial charge in [-0.3, -0.25) is 0 Å².